The summed E-state index contributed by atoms with van der Waals surface area (Å²) >= 11 is 0. The predicted molar refractivity (Wildman–Crippen MR) is 149 cm³/mol. The molecule has 0 radical (unpaired) electrons. The molecule has 1 saturated heterocycles. The van der Waals surface area contributed by atoms with E-state index < -0.39 is 53.1 Å². The van der Waals surface area contributed by atoms with E-state index in [1.807, 2.05) is 4.90 Å². The molecule has 0 aromatic heterocycles. The van der Waals surface area contributed by atoms with E-state index in [0.717, 1.165) is 0 Å². The number of halogens is 7. The zero-order valence-electron chi connectivity index (χ0n) is 24.4. The van der Waals surface area contributed by atoms with Gasteiger partial charge in [0.25, 0.3) is 0 Å². The van der Waals surface area contributed by atoms with Crippen LogP contribution in [0.5, 0.6) is 0 Å². The molecule has 8 nitrogen and oxygen atoms in total. The Labute approximate surface area is 254 Å². The summed E-state index contributed by atoms with van der Waals surface area (Å²) in [5.41, 5.74) is -2.12. The molecule has 2 aromatic rings. The van der Waals surface area contributed by atoms with E-state index >= 15 is 0 Å². The second kappa shape index (κ2) is 12.6. The third-order valence-corrected chi connectivity index (χ3v) is 8.22. The lowest BCUT2D eigenvalue weighted by atomic mass is 9.93. The van der Waals surface area contributed by atoms with Crippen LogP contribution in [0.4, 0.5) is 30.7 Å². The van der Waals surface area contributed by atoms with Gasteiger partial charge in [-0.1, -0.05) is 0 Å². The van der Waals surface area contributed by atoms with Crippen LogP contribution in [-0.4, -0.2) is 67.4 Å². The Morgan fingerprint density at radius 1 is 1.02 bits per heavy atom. The number of amides is 1. The van der Waals surface area contributed by atoms with Crippen molar-refractivity contribution >= 4 is 11.6 Å². The van der Waals surface area contributed by atoms with Crippen molar-refractivity contribution in [2.75, 3.05) is 39.4 Å². The fourth-order valence-electron chi connectivity index (χ4n) is 5.87. The molecule has 244 valence electrons. The molecule has 5 rings (SSSR count). The molecule has 3 heterocycles. The molecule has 0 saturated carbocycles. The lowest BCUT2D eigenvalue weighted by Gasteiger charge is -2.43. The standard InChI is InChI=1S/C30H32F7N5O3/c1-17-9-22(31)3-4-23(17)26-14-27(41-7-5-40(6-8-41)18(2)43)45-28-24(15-38-16-39-28)25(42(26)44)12-19-10-20(29(32,33)34)13-21(11-19)30(35,36)37/h3-4,9-11,13-14,25,27,38-39,42H,5-8,12,15-16H2,1-2H3/b26-14-. The smallest absolute Gasteiger partial charge is 0.416 e. The van der Waals surface area contributed by atoms with Crippen molar-refractivity contribution in [3.05, 3.63) is 92.8 Å². The minimum absolute atomic E-state index is 0.0463. The quantitative estimate of drug-likeness (QED) is 0.350. The normalized spacial score (nSPS) is 24.5. The number of ether oxygens (including phenoxy) is 1. The molecule has 45 heavy (non-hydrogen) atoms. The number of quaternary nitrogens is 1. The molecule has 1 fully saturated rings. The first-order valence-electron chi connectivity index (χ1n) is 14.3. The number of alkyl halides is 6. The van der Waals surface area contributed by atoms with Gasteiger partial charge in [0.05, 0.1) is 23.4 Å². The van der Waals surface area contributed by atoms with E-state index in [4.69, 9.17) is 4.74 Å². The summed E-state index contributed by atoms with van der Waals surface area (Å²) in [6.07, 6.45) is -9.88. The van der Waals surface area contributed by atoms with Crippen molar-refractivity contribution in [2.24, 2.45) is 0 Å². The molecule has 0 spiro atoms. The van der Waals surface area contributed by atoms with Gasteiger partial charge < -0.3 is 25.2 Å². The number of hydrogen-bond donors (Lipinski definition) is 3. The highest BCUT2D eigenvalue weighted by Gasteiger charge is 2.40. The molecule has 15 heteroatoms. The summed E-state index contributed by atoms with van der Waals surface area (Å²) in [5, 5.41) is 20.0. The molecule has 0 bridgehead atoms. The summed E-state index contributed by atoms with van der Waals surface area (Å²) in [6, 6.07) is 3.88. The van der Waals surface area contributed by atoms with Gasteiger partial charge in [-0.15, -0.1) is 0 Å². The summed E-state index contributed by atoms with van der Waals surface area (Å²) < 4.78 is 103. The molecule has 0 aliphatic carbocycles. The van der Waals surface area contributed by atoms with Gasteiger partial charge in [0, 0.05) is 57.7 Å². The number of piperazine rings is 1. The maximum absolute atomic E-state index is 14.5. The highest BCUT2D eigenvalue weighted by molar-refractivity contribution is 5.73. The average Bonchev–Trinajstić information content (AvgIpc) is 2.97. The predicted octanol–water partition coefficient (Wildman–Crippen LogP) is 3.39. The Kier molecular flexibility index (Phi) is 9.18. The molecule has 1 amide bonds. The van der Waals surface area contributed by atoms with Gasteiger partial charge in [-0.2, -0.15) is 26.3 Å². The minimum atomic E-state index is -5.06. The highest BCUT2D eigenvalue weighted by atomic mass is 19.4. The summed E-state index contributed by atoms with van der Waals surface area (Å²) in [4.78, 5) is 15.5. The number of nitrogens with one attached hydrogen (secondary N) is 3. The summed E-state index contributed by atoms with van der Waals surface area (Å²) in [5.74, 6) is -0.438. The van der Waals surface area contributed by atoms with Crippen LogP contribution in [0.15, 0.2) is 53.9 Å². The second-order valence-electron chi connectivity index (χ2n) is 11.3. The zero-order valence-corrected chi connectivity index (χ0v) is 24.4. The maximum atomic E-state index is 14.5. The van der Waals surface area contributed by atoms with Crippen molar-refractivity contribution in [1.29, 1.82) is 0 Å². The number of rotatable bonds is 4. The molecular weight excluding hydrogens is 611 g/mol. The maximum Gasteiger partial charge on any atom is 0.416 e. The molecule has 3 unspecified atom stereocenters. The first-order valence-corrected chi connectivity index (χ1v) is 14.3. The van der Waals surface area contributed by atoms with Gasteiger partial charge in [-0.3, -0.25) is 15.0 Å². The van der Waals surface area contributed by atoms with Crippen LogP contribution in [0, 0.1) is 17.9 Å². The van der Waals surface area contributed by atoms with Crippen molar-refractivity contribution in [3.8, 4) is 0 Å². The lowest BCUT2D eigenvalue weighted by Crippen LogP contribution is -3.09. The average molecular weight is 644 g/mol. The molecule has 3 N–H and O–H groups in total. The van der Waals surface area contributed by atoms with Crippen molar-refractivity contribution in [2.45, 2.75) is 44.9 Å². The van der Waals surface area contributed by atoms with E-state index in [9.17, 15) is 40.7 Å². The Bertz CT molecular complexity index is 1470. The Hall–Kier alpha value is -3.66. The van der Waals surface area contributed by atoms with Crippen LogP contribution in [0.25, 0.3) is 5.70 Å². The molecule has 3 atom stereocenters. The van der Waals surface area contributed by atoms with Crippen LogP contribution in [0.2, 0.25) is 0 Å². The summed E-state index contributed by atoms with van der Waals surface area (Å²) in [7, 11) is 0. The van der Waals surface area contributed by atoms with Crippen molar-refractivity contribution < 1.29 is 45.3 Å². The van der Waals surface area contributed by atoms with Crippen LogP contribution in [0.1, 0.15) is 34.7 Å². The monoisotopic (exact) mass is 643 g/mol. The number of nitrogens with zero attached hydrogens (tertiary/aromatic N) is 2. The van der Waals surface area contributed by atoms with E-state index in [-0.39, 0.29) is 42.3 Å². The van der Waals surface area contributed by atoms with Crippen LogP contribution < -0.4 is 15.7 Å². The van der Waals surface area contributed by atoms with E-state index in [1.165, 1.54) is 25.1 Å². The second-order valence-corrected chi connectivity index (χ2v) is 11.3. The van der Waals surface area contributed by atoms with Gasteiger partial charge in [-0.25, -0.2) is 4.39 Å². The fraction of sp³-hybridized carbons (Fsp3) is 0.433. The number of hydroxylamine groups is 2. The number of benzene rings is 2. The first-order chi connectivity index (χ1) is 21.1. The SMILES string of the molecule is CC(=O)N1CCN(C2/C=C(/c3ccc(F)cc3C)[NH+]([O-])C(Cc3cc(C(F)(F)F)cc(C(F)(F)F)c3)C3=C(NCNC3)O2)CC1. The van der Waals surface area contributed by atoms with E-state index in [2.05, 4.69) is 10.6 Å². The Morgan fingerprint density at radius 2 is 1.67 bits per heavy atom. The van der Waals surface area contributed by atoms with Crippen LogP contribution >= 0.6 is 0 Å². The topological polar surface area (TPSA) is 84.3 Å². The number of carbonyl (C=O) groups excluding carboxylic acids is 1. The number of aryl methyl sites for hydroxylation is 1. The Balaban J connectivity index is 1.61. The molecular formula is C30H32F7N5O3. The minimum Gasteiger partial charge on any atom is -0.628 e. The van der Waals surface area contributed by atoms with Crippen molar-refractivity contribution in [3.63, 3.8) is 0 Å². The van der Waals surface area contributed by atoms with E-state index in [1.54, 1.807) is 17.9 Å². The van der Waals surface area contributed by atoms with Crippen LogP contribution in [0.3, 0.4) is 0 Å². The zero-order chi connectivity index (χ0) is 32.7. The third kappa shape index (κ3) is 7.27. The van der Waals surface area contributed by atoms with Gasteiger partial charge in [0.15, 0.2) is 12.1 Å². The lowest BCUT2D eigenvalue weighted by molar-refractivity contribution is -0.793. The molecule has 3 aliphatic rings. The Morgan fingerprint density at radius 3 is 2.24 bits per heavy atom. The molecule has 2 aromatic carbocycles. The van der Waals surface area contributed by atoms with Crippen molar-refractivity contribution in [1.82, 2.24) is 20.4 Å². The highest BCUT2D eigenvalue weighted by Crippen LogP contribution is 2.37. The largest absolute Gasteiger partial charge is 0.628 e. The van der Waals surface area contributed by atoms with Gasteiger partial charge in [0.2, 0.25) is 5.91 Å². The van der Waals surface area contributed by atoms with Crippen LogP contribution in [-0.2, 0) is 28.3 Å². The van der Waals surface area contributed by atoms with Gasteiger partial charge in [0.1, 0.15) is 17.6 Å². The first kappa shape index (κ1) is 32.7. The van der Waals surface area contributed by atoms with Gasteiger partial charge >= 0.3 is 12.4 Å². The molecule has 3 aliphatic heterocycles. The number of carbonyl (C=O) groups is 1. The fourth-order valence-corrected chi connectivity index (χ4v) is 5.87. The number of hydrogen-bond acceptors (Lipinski definition) is 6. The van der Waals surface area contributed by atoms with E-state index in [0.29, 0.717) is 55.0 Å². The third-order valence-electron chi connectivity index (χ3n) is 8.22. The summed E-state index contributed by atoms with van der Waals surface area (Å²) in [6.45, 7) is 4.99. The van der Waals surface area contributed by atoms with Gasteiger partial charge in [-0.05, 0) is 54.4 Å².